The Morgan fingerprint density at radius 2 is 2.17 bits per heavy atom. The Bertz CT molecular complexity index is 544. The first-order chi connectivity index (χ1) is 8.78. The van der Waals surface area contributed by atoms with E-state index in [0.717, 1.165) is 37.4 Å². The van der Waals surface area contributed by atoms with Crippen molar-refractivity contribution >= 4 is 17.3 Å². The summed E-state index contributed by atoms with van der Waals surface area (Å²) in [6.07, 6.45) is 7.36. The topological polar surface area (TPSA) is 79.7 Å². The van der Waals surface area contributed by atoms with E-state index in [2.05, 4.69) is 14.9 Å². The highest BCUT2D eigenvalue weighted by Gasteiger charge is 2.21. The highest BCUT2D eigenvalue weighted by molar-refractivity contribution is 5.66. The summed E-state index contributed by atoms with van der Waals surface area (Å²) < 4.78 is 1.90. The van der Waals surface area contributed by atoms with Crippen LogP contribution in [0.3, 0.4) is 0 Å². The molecule has 2 aromatic rings. The fraction of sp³-hybridized carbons (Fsp3) is 0.500. The summed E-state index contributed by atoms with van der Waals surface area (Å²) in [5.74, 6) is 1.76. The van der Waals surface area contributed by atoms with E-state index in [1.165, 1.54) is 0 Å². The van der Waals surface area contributed by atoms with E-state index in [1.54, 1.807) is 12.4 Å². The SMILES string of the molecule is Nc1cn2ccnc2c(N2CCC(CO)CC2)n1. The Balaban J connectivity index is 1.92. The molecule has 0 spiro atoms. The quantitative estimate of drug-likeness (QED) is 0.808. The van der Waals surface area contributed by atoms with Gasteiger partial charge in [0.1, 0.15) is 5.82 Å². The summed E-state index contributed by atoms with van der Waals surface area (Å²) >= 11 is 0. The van der Waals surface area contributed by atoms with Crippen LogP contribution in [0, 0.1) is 5.92 Å². The molecule has 1 fully saturated rings. The van der Waals surface area contributed by atoms with Crippen LogP contribution in [-0.2, 0) is 0 Å². The van der Waals surface area contributed by atoms with Crippen molar-refractivity contribution in [3.63, 3.8) is 0 Å². The van der Waals surface area contributed by atoms with E-state index in [1.807, 2.05) is 10.6 Å². The van der Waals surface area contributed by atoms with Crippen LogP contribution in [0.1, 0.15) is 12.8 Å². The number of fused-ring (bicyclic) bond motifs is 1. The summed E-state index contributed by atoms with van der Waals surface area (Å²) in [7, 11) is 0. The molecular formula is C12H17N5O. The molecule has 1 saturated heterocycles. The average Bonchev–Trinajstić information content (AvgIpc) is 2.86. The highest BCUT2D eigenvalue weighted by Crippen LogP contribution is 2.25. The van der Waals surface area contributed by atoms with Crippen LogP contribution in [0.2, 0.25) is 0 Å². The molecule has 1 aliphatic rings. The van der Waals surface area contributed by atoms with E-state index in [-0.39, 0.29) is 6.61 Å². The largest absolute Gasteiger partial charge is 0.396 e. The van der Waals surface area contributed by atoms with Gasteiger partial charge in [-0.3, -0.25) is 0 Å². The first-order valence-corrected chi connectivity index (χ1v) is 6.23. The monoisotopic (exact) mass is 247 g/mol. The lowest BCUT2D eigenvalue weighted by Gasteiger charge is -2.32. The molecule has 0 aromatic carbocycles. The molecule has 3 rings (SSSR count). The van der Waals surface area contributed by atoms with Gasteiger partial charge in [-0.05, 0) is 18.8 Å². The lowest BCUT2D eigenvalue weighted by atomic mass is 9.98. The summed E-state index contributed by atoms with van der Waals surface area (Å²) in [6, 6.07) is 0. The number of aliphatic hydroxyl groups is 1. The number of hydrogen-bond acceptors (Lipinski definition) is 5. The number of nitrogens with zero attached hydrogens (tertiary/aromatic N) is 4. The third kappa shape index (κ3) is 1.88. The molecule has 1 aliphatic heterocycles. The Kier molecular flexibility index (Phi) is 2.79. The van der Waals surface area contributed by atoms with E-state index >= 15 is 0 Å². The van der Waals surface area contributed by atoms with E-state index < -0.39 is 0 Å². The molecule has 18 heavy (non-hydrogen) atoms. The number of nitrogens with two attached hydrogens (primary N) is 1. The van der Waals surface area contributed by atoms with Crippen molar-refractivity contribution in [3.05, 3.63) is 18.6 Å². The number of hydrogen-bond donors (Lipinski definition) is 2. The zero-order valence-corrected chi connectivity index (χ0v) is 10.2. The minimum atomic E-state index is 0.275. The maximum Gasteiger partial charge on any atom is 0.180 e. The maximum atomic E-state index is 9.16. The van der Waals surface area contributed by atoms with Crippen LogP contribution in [-0.4, -0.2) is 39.2 Å². The zero-order chi connectivity index (χ0) is 12.5. The van der Waals surface area contributed by atoms with Gasteiger partial charge in [0, 0.05) is 32.1 Å². The lowest BCUT2D eigenvalue weighted by Crippen LogP contribution is -2.35. The Hall–Kier alpha value is -1.82. The third-order valence-corrected chi connectivity index (χ3v) is 3.55. The molecule has 96 valence electrons. The smallest absolute Gasteiger partial charge is 0.180 e. The van der Waals surface area contributed by atoms with Crippen molar-refractivity contribution in [1.29, 1.82) is 0 Å². The summed E-state index contributed by atoms with van der Waals surface area (Å²) in [4.78, 5) is 10.9. The number of nitrogen functional groups attached to an aromatic ring is 1. The Labute approximate surface area is 105 Å². The summed E-state index contributed by atoms with van der Waals surface area (Å²) in [6.45, 7) is 2.06. The van der Waals surface area contributed by atoms with Gasteiger partial charge in [0.15, 0.2) is 11.5 Å². The molecule has 6 heteroatoms. The zero-order valence-electron chi connectivity index (χ0n) is 10.2. The Morgan fingerprint density at radius 1 is 1.39 bits per heavy atom. The van der Waals surface area contributed by atoms with Gasteiger partial charge in [0.25, 0.3) is 0 Å². The van der Waals surface area contributed by atoms with Crippen molar-refractivity contribution in [3.8, 4) is 0 Å². The molecule has 0 atom stereocenters. The third-order valence-electron chi connectivity index (χ3n) is 3.55. The molecule has 0 amide bonds. The molecule has 0 aliphatic carbocycles. The molecular weight excluding hydrogens is 230 g/mol. The Morgan fingerprint density at radius 3 is 2.89 bits per heavy atom. The second-order valence-electron chi connectivity index (χ2n) is 4.76. The van der Waals surface area contributed by atoms with E-state index in [4.69, 9.17) is 10.8 Å². The van der Waals surface area contributed by atoms with Crippen molar-refractivity contribution in [2.75, 3.05) is 30.3 Å². The molecule has 6 nitrogen and oxygen atoms in total. The molecule has 0 bridgehead atoms. The van der Waals surface area contributed by atoms with Crippen LogP contribution in [0.4, 0.5) is 11.6 Å². The van der Waals surface area contributed by atoms with Crippen molar-refractivity contribution < 1.29 is 5.11 Å². The lowest BCUT2D eigenvalue weighted by molar-refractivity contribution is 0.203. The molecule has 3 heterocycles. The van der Waals surface area contributed by atoms with Crippen LogP contribution in [0.5, 0.6) is 0 Å². The number of aromatic nitrogens is 3. The van der Waals surface area contributed by atoms with E-state index in [0.29, 0.717) is 11.7 Å². The number of rotatable bonds is 2. The van der Waals surface area contributed by atoms with Gasteiger partial charge < -0.3 is 20.1 Å². The van der Waals surface area contributed by atoms with Gasteiger partial charge in [-0.1, -0.05) is 0 Å². The molecule has 2 aromatic heterocycles. The number of anilines is 2. The number of piperidine rings is 1. The highest BCUT2D eigenvalue weighted by atomic mass is 16.3. The number of imidazole rings is 1. The normalized spacial score (nSPS) is 17.5. The predicted molar refractivity (Wildman–Crippen MR) is 69.4 cm³/mol. The fourth-order valence-corrected chi connectivity index (χ4v) is 2.47. The van der Waals surface area contributed by atoms with Crippen molar-refractivity contribution in [2.24, 2.45) is 5.92 Å². The van der Waals surface area contributed by atoms with Gasteiger partial charge in [0.2, 0.25) is 0 Å². The summed E-state index contributed by atoms with van der Waals surface area (Å²) in [5, 5.41) is 9.16. The molecule has 0 saturated carbocycles. The minimum Gasteiger partial charge on any atom is -0.396 e. The molecule has 0 unspecified atom stereocenters. The van der Waals surface area contributed by atoms with Gasteiger partial charge in [-0.2, -0.15) is 0 Å². The summed E-state index contributed by atoms with van der Waals surface area (Å²) in [5.41, 5.74) is 6.66. The van der Waals surface area contributed by atoms with Crippen LogP contribution < -0.4 is 10.6 Å². The molecule has 3 N–H and O–H groups in total. The second kappa shape index (κ2) is 4.45. The van der Waals surface area contributed by atoms with Gasteiger partial charge in [0.05, 0.1) is 6.20 Å². The first-order valence-electron chi connectivity index (χ1n) is 6.23. The average molecular weight is 247 g/mol. The molecule has 0 radical (unpaired) electrons. The van der Waals surface area contributed by atoms with Gasteiger partial charge in [-0.25, -0.2) is 9.97 Å². The van der Waals surface area contributed by atoms with Gasteiger partial charge in [-0.15, -0.1) is 0 Å². The maximum absolute atomic E-state index is 9.16. The standard InChI is InChI=1S/C12H17N5O/c13-10-7-17-6-3-14-11(17)12(15-10)16-4-1-9(8-18)2-5-16/h3,6-7,9,18H,1-2,4-5,8,13H2. The number of aliphatic hydroxyl groups excluding tert-OH is 1. The van der Waals surface area contributed by atoms with E-state index in [9.17, 15) is 0 Å². The van der Waals surface area contributed by atoms with Crippen molar-refractivity contribution in [1.82, 2.24) is 14.4 Å². The van der Waals surface area contributed by atoms with Crippen LogP contribution in [0.15, 0.2) is 18.6 Å². The van der Waals surface area contributed by atoms with Crippen LogP contribution >= 0.6 is 0 Å². The minimum absolute atomic E-state index is 0.275. The predicted octanol–water partition coefficient (Wildman–Crippen LogP) is 0.520. The van der Waals surface area contributed by atoms with Crippen molar-refractivity contribution in [2.45, 2.75) is 12.8 Å². The van der Waals surface area contributed by atoms with Gasteiger partial charge >= 0.3 is 0 Å². The first kappa shape index (κ1) is 11.3. The second-order valence-corrected chi connectivity index (χ2v) is 4.76. The van der Waals surface area contributed by atoms with Crippen LogP contribution in [0.25, 0.3) is 5.65 Å². The fourth-order valence-electron chi connectivity index (χ4n) is 2.47.